The van der Waals surface area contributed by atoms with Crippen LogP contribution in [0.4, 0.5) is 14.9 Å². The highest BCUT2D eigenvalue weighted by atomic mass is 19.1. The second-order valence-corrected chi connectivity index (χ2v) is 5.89. The van der Waals surface area contributed by atoms with Crippen molar-refractivity contribution >= 4 is 17.7 Å². The fourth-order valence-corrected chi connectivity index (χ4v) is 2.71. The number of para-hydroxylation sites is 1. The molecule has 2 aromatic rings. The molecule has 6 heteroatoms. The third-order valence-corrected chi connectivity index (χ3v) is 4.01. The highest BCUT2D eigenvalue weighted by molar-refractivity contribution is 5.89. The Morgan fingerprint density at radius 3 is 2.60 bits per heavy atom. The predicted molar refractivity (Wildman–Crippen MR) is 91.8 cm³/mol. The topological polar surface area (TPSA) is 58.6 Å². The molecule has 3 rings (SSSR count). The van der Waals surface area contributed by atoms with E-state index in [1.165, 1.54) is 12.1 Å². The summed E-state index contributed by atoms with van der Waals surface area (Å²) in [6.07, 6.45) is 0.123. The molecule has 0 aliphatic carbocycles. The van der Waals surface area contributed by atoms with E-state index in [2.05, 4.69) is 5.32 Å². The van der Waals surface area contributed by atoms with E-state index in [0.717, 1.165) is 11.3 Å². The van der Waals surface area contributed by atoms with Crippen molar-refractivity contribution in [1.29, 1.82) is 0 Å². The van der Waals surface area contributed by atoms with Gasteiger partial charge in [0.15, 0.2) is 0 Å². The molecule has 2 amide bonds. The van der Waals surface area contributed by atoms with E-state index < -0.39 is 0 Å². The number of carbonyl (C=O) groups is 2. The molecule has 130 valence electrons. The number of rotatable bonds is 6. The maximum Gasteiger partial charge on any atom is 0.414 e. The lowest BCUT2D eigenvalue weighted by atomic mass is 10.1. The summed E-state index contributed by atoms with van der Waals surface area (Å²) in [4.78, 5) is 25.4. The maximum atomic E-state index is 12.8. The van der Waals surface area contributed by atoms with Gasteiger partial charge in [0.05, 0.1) is 13.0 Å². The van der Waals surface area contributed by atoms with Crippen LogP contribution < -0.4 is 10.2 Å². The Labute approximate surface area is 145 Å². The zero-order chi connectivity index (χ0) is 17.6. The van der Waals surface area contributed by atoms with E-state index in [9.17, 15) is 14.0 Å². The fourth-order valence-electron chi connectivity index (χ4n) is 2.71. The quantitative estimate of drug-likeness (QED) is 0.878. The zero-order valence-electron chi connectivity index (χ0n) is 13.7. The lowest BCUT2D eigenvalue weighted by Gasteiger charge is -2.12. The Kier molecular flexibility index (Phi) is 5.28. The number of ether oxygens (including phenoxy) is 1. The molecule has 1 aliphatic rings. The molecule has 0 radical (unpaired) electrons. The lowest BCUT2D eigenvalue weighted by Crippen LogP contribution is -2.30. The molecular formula is C19H19FN2O3. The maximum absolute atomic E-state index is 12.8. The van der Waals surface area contributed by atoms with Gasteiger partial charge >= 0.3 is 6.09 Å². The van der Waals surface area contributed by atoms with Crippen LogP contribution in [0.2, 0.25) is 0 Å². The van der Waals surface area contributed by atoms with Crippen molar-refractivity contribution in [3.63, 3.8) is 0 Å². The van der Waals surface area contributed by atoms with Crippen LogP contribution in [0.15, 0.2) is 54.6 Å². The number of anilines is 1. The summed E-state index contributed by atoms with van der Waals surface area (Å²) in [5.41, 5.74) is 1.55. The van der Waals surface area contributed by atoms with Gasteiger partial charge in [-0.2, -0.15) is 0 Å². The van der Waals surface area contributed by atoms with Crippen LogP contribution in [-0.2, 0) is 16.0 Å². The van der Waals surface area contributed by atoms with Gasteiger partial charge in [-0.25, -0.2) is 9.18 Å². The SMILES string of the molecule is O=C(Cc1ccc(F)cc1)NCCC1CN(c2ccccc2)C(=O)O1. The highest BCUT2D eigenvalue weighted by Crippen LogP contribution is 2.22. The van der Waals surface area contributed by atoms with Crippen molar-refractivity contribution in [2.75, 3.05) is 18.0 Å². The molecule has 1 fully saturated rings. The van der Waals surface area contributed by atoms with Crippen LogP contribution in [0.1, 0.15) is 12.0 Å². The van der Waals surface area contributed by atoms with Crippen molar-refractivity contribution in [2.45, 2.75) is 18.9 Å². The second-order valence-electron chi connectivity index (χ2n) is 5.89. The van der Waals surface area contributed by atoms with Crippen LogP contribution in [0.5, 0.6) is 0 Å². The Morgan fingerprint density at radius 2 is 1.88 bits per heavy atom. The predicted octanol–water partition coefficient (Wildman–Crippen LogP) is 2.90. The number of amides is 2. The highest BCUT2D eigenvalue weighted by Gasteiger charge is 2.31. The van der Waals surface area contributed by atoms with Crippen molar-refractivity contribution in [2.24, 2.45) is 0 Å². The van der Waals surface area contributed by atoms with Crippen LogP contribution in [-0.4, -0.2) is 31.2 Å². The molecule has 1 atom stereocenters. The van der Waals surface area contributed by atoms with Gasteiger partial charge in [0.25, 0.3) is 0 Å². The summed E-state index contributed by atoms with van der Waals surface area (Å²) in [5, 5.41) is 2.80. The fraction of sp³-hybridized carbons (Fsp3) is 0.263. The van der Waals surface area contributed by atoms with Gasteiger partial charge in [-0.05, 0) is 29.8 Å². The van der Waals surface area contributed by atoms with Gasteiger partial charge in [0.2, 0.25) is 5.91 Å². The summed E-state index contributed by atoms with van der Waals surface area (Å²) in [7, 11) is 0. The number of hydrogen-bond donors (Lipinski definition) is 1. The van der Waals surface area contributed by atoms with Gasteiger partial charge in [0.1, 0.15) is 11.9 Å². The Balaban J connectivity index is 1.43. The summed E-state index contributed by atoms with van der Waals surface area (Å²) in [6, 6.07) is 15.2. The number of nitrogens with zero attached hydrogens (tertiary/aromatic N) is 1. The van der Waals surface area contributed by atoms with E-state index in [4.69, 9.17) is 4.74 Å². The Bertz CT molecular complexity index is 734. The first kappa shape index (κ1) is 17.0. The van der Waals surface area contributed by atoms with Gasteiger partial charge < -0.3 is 10.1 Å². The van der Waals surface area contributed by atoms with Gasteiger partial charge in [0, 0.05) is 18.7 Å². The molecule has 0 bridgehead atoms. The molecule has 2 aromatic carbocycles. The van der Waals surface area contributed by atoms with Crippen molar-refractivity contribution in [3.8, 4) is 0 Å². The molecule has 0 aromatic heterocycles. The average molecular weight is 342 g/mol. The number of nitrogens with one attached hydrogen (secondary N) is 1. The molecule has 1 aliphatic heterocycles. The zero-order valence-corrected chi connectivity index (χ0v) is 13.7. The van der Waals surface area contributed by atoms with Crippen molar-refractivity contribution in [1.82, 2.24) is 5.32 Å². The molecule has 0 spiro atoms. The van der Waals surface area contributed by atoms with Gasteiger partial charge in [-0.1, -0.05) is 30.3 Å². The minimum Gasteiger partial charge on any atom is -0.444 e. The lowest BCUT2D eigenvalue weighted by molar-refractivity contribution is -0.120. The Hall–Kier alpha value is -2.89. The molecule has 25 heavy (non-hydrogen) atoms. The minimum absolute atomic E-state index is 0.143. The van der Waals surface area contributed by atoms with E-state index in [-0.39, 0.29) is 30.3 Å². The smallest absolute Gasteiger partial charge is 0.414 e. The van der Waals surface area contributed by atoms with Crippen molar-refractivity contribution < 1.29 is 18.7 Å². The largest absolute Gasteiger partial charge is 0.444 e. The summed E-state index contributed by atoms with van der Waals surface area (Å²) in [6.45, 7) is 0.886. The van der Waals surface area contributed by atoms with Crippen LogP contribution in [0, 0.1) is 5.82 Å². The van der Waals surface area contributed by atoms with E-state index >= 15 is 0 Å². The van der Waals surface area contributed by atoms with E-state index in [0.29, 0.717) is 19.5 Å². The molecule has 1 N–H and O–H groups in total. The minimum atomic E-state index is -0.367. The third kappa shape index (κ3) is 4.56. The molecular weight excluding hydrogens is 323 g/mol. The molecule has 1 heterocycles. The number of benzene rings is 2. The summed E-state index contributed by atoms with van der Waals surface area (Å²) in [5.74, 6) is -0.467. The normalized spacial score (nSPS) is 16.6. The molecule has 1 saturated heterocycles. The molecule has 0 saturated carbocycles. The van der Waals surface area contributed by atoms with Crippen molar-refractivity contribution in [3.05, 3.63) is 66.0 Å². The van der Waals surface area contributed by atoms with Crippen LogP contribution in [0.25, 0.3) is 0 Å². The summed E-state index contributed by atoms with van der Waals surface area (Å²) < 4.78 is 18.2. The van der Waals surface area contributed by atoms with Gasteiger partial charge in [-0.15, -0.1) is 0 Å². The number of cyclic esters (lactones) is 1. The van der Waals surface area contributed by atoms with Crippen LogP contribution in [0.3, 0.4) is 0 Å². The number of carbonyl (C=O) groups excluding carboxylic acids is 2. The standard InChI is InChI=1S/C19H19FN2O3/c20-15-8-6-14(7-9-15)12-18(23)21-11-10-17-13-22(19(24)25-17)16-4-2-1-3-5-16/h1-9,17H,10-13H2,(H,21,23). The van der Waals surface area contributed by atoms with E-state index in [1.54, 1.807) is 17.0 Å². The summed E-state index contributed by atoms with van der Waals surface area (Å²) >= 11 is 0. The first-order valence-electron chi connectivity index (χ1n) is 8.16. The first-order valence-corrected chi connectivity index (χ1v) is 8.16. The van der Waals surface area contributed by atoms with Gasteiger partial charge in [-0.3, -0.25) is 9.69 Å². The van der Waals surface area contributed by atoms with Crippen LogP contribution >= 0.6 is 0 Å². The van der Waals surface area contributed by atoms with E-state index in [1.807, 2.05) is 30.3 Å². The number of hydrogen-bond acceptors (Lipinski definition) is 3. The third-order valence-electron chi connectivity index (χ3n) is 4.01. The molecule has 5 nitrogen and oxygen atoms in total. The molecule has 1 unspecified atom stereocenters. The monoisotopic (exact) mass is 342 g/mol. The average Bonchev–Trinajstić information content (AvgIpc) is 2.98. The first-order chi connectivity index (χ1) is 12.1. The second kappa shape index (κ2) is 7.79. The number of halogens is 1. The Morgan fingerprint density at radius 1 is 1.16 bits per heavy atom.